The highest BCUT2D eigenvalue weighted by Gasteiger charge is 2.44. The van der Waals surface area contributed by atoms with E-state index in [9.17, 15) is 9.59 Å². The molecule has 0 N–H and O–H groups in total. The van der Waals surface area contributed by atoms with Gasteiger partial charge in [-0.25, -0.2) is 4.79 Å². The molecule has 1 heterocycles. The third kappa shape index (κ3) is 3.25. The fraction of sp³-hybridized carbons (Fsp3) is 0.263. The second kappa shape index (κ2) is 7.17. The summed E-state index contributed by atoms with van der Waals surface area (Å²) in [7, 11) is 0. The molecule has 0 saturated carbocycles. The topological polar surface area (TPSA) is 55.8 Å². The summed E-state index contributed by atoms with van der Waals surface area (Å²) in [5.41, 5.74) is 1.81. The Balaban J connectivity index is 1.95. The second-order valence-electron chi connectivity index (χ2n) is 5.50. The lowest BCUT2D eigenvalue weighted by molar-refractivity contribution is -0.144. The van der Waals surface area contributed by atoms with Gasteiger partial charge in [0.05, 0.1) is 6.61 Å². The number of amides is 1. The van der Waals surface area contributed by atoms with Gasteiger partial charge in [-0.1, -0.05) is 60.7 Å². The van der Waals surface area contributed by atoms with E-state index in [1.54, 1.807) is 6.92 Å². The predicted molar refractivity (Wildman–Crippen MR) is 88.2 cm³/mol. The number of carbonyl (C=O) groups excluding carboxylic acids is 2. The van der Waals surface area contributed by atoms with Gasteiger partial charge in [0.15, 0.2) is 6.10 Å². The summed E-state index contributed by atoms with van der Waals surface area (Å²) in [6.45, 7) is 1.89. The van der Waals surface area contributed by atoms with Gasteiger partial charge >= 0.3 is 12.1 Å². The molecule has 2 unspecified atom stereocenters. The summed E-state index contributed by atoms with van der Waals surface area (Å²) in [5, 5.41) is 0. The van der Waals surface area contributed by atoms with Crippen LogP contribution < -0.4 is 0 Å². The predicted octanol–water partition coefficient (Wildman–Crippen LogP) is 3.48. The summed E-state index contributed by atoms with van der Waals surface area (Å²) < 4.78 is 10.6. The maximum atomic E-state index is 12.4. The number of esters is 1. The SMILES string of the molecule is CCOC(=O)CN1C(=O)OC(c2ccccc2)C1c1ccccc1. The number of carbonyl (C=O) groups is 2. The van der Waals surface area contributed by atoms with Crippen LogP contribution in [0, 0.1) is 0 Å². The normalized spacial score (nSPS) is 19.9. The molecule has 1 aliphatic heterocycles. The van der Waals surface area contributed by atoms with Crippen LogP contribution in [0.5, 0.6) is 0 Å². The Hall–Kier alpha value is -2.82. The van der Waals surface area contributed by atoms with Crippen molar-refractivity contribution in [3.8, 4) is 0 Å². The van der Waals surface area contributed by atoms with Crippen molar-refractivity contribution in [2.24, 2.45) is 0 Å². The minimum atomic E-state index is -0.509. The first-order valence-electron chi connectivity index (χ1n) is 7.93. The zero-order valence-electron chi connectivity index (χ0n) is 13.4. The Labute approximate surface area is 140 Å². The first-order chi connectivity index (χ1) is 11.7. The van der Waals surface area contributed by atoms with Gasteiger partial charge in [-0.3, -0.25) is 9.69 Å². The summed E-state index contributed by atoms with van der Waals surface area (Å²) >= 11 is 0. The molecule has 24 heavy (non-hydrogen) atoms. The minimum Gasteiger partial charge on any atom is -0.465 e. The molecule has 1 fully saturated rings. The highest BCUT2D eigenvalue weighted by molar-refractivity contribution is 5.80. The van der Waals surface area contributed by atoms with E-state index in [4.69, 9.17) is 9.47 Å². The van der Waals surface area contributed by atoms with Crippen LogP contribution in [0.25, 0.3) is 0 Å². The molecule has 0 radical (unpaired) electrons. The van der Waals surface area contributed by atoms with Crippen molar-refractivity contribution in [3.63, 3.8) is 0 Å². The molecule has 2 aromatic rings. The largest absolute Gasteiger partial charge is 0.465 e. The van der Waals surface area contributed by atoms with E-state index in [1.165, 1.54) is 4.90 Å². The smallest absolute Gasteiger partial charge is 0.411 e. The van der Waals surface area contributed by atoms with Gasteiger partial charge in [0.2, 0.25) is 0 Å². The lowest BCUT2D eigenvalue weighted by Gasteiger charge is -2.24. The molecule has 0 aliphatic carbocycles. The number of nitrogens with zero attached hydrogens (tertiary/aromatic N) is 1. The molecule has 0 bridgehead atoms. The molecule has 5 heteroatoms. The molecule has 2 atom stereocenters. The number of hydrogen-bond donors (Lipinski definition) is 0. The van der Waals surface area contributed by atoms with E-state index < -0.39 is 18.2 Å². The Morgan fingerprint density at radius 2 is 1.62 bits per heavy atom. The molecule has 0 spiro atoms. The number of ether oxygens (including phenoxy) is 2. The molecular weight excluding hydrogens is 306 g/mol. The van der Waals surface area contributed by atoms with Crippen LogP contribution >= 0.6 is 0 Å². The molecule has 1 saturated heterocycles. The Morgan fingerprint density at radius 3 is 2.21 bits per heavy atom. The van der Waals surface area contributed by atoms with Gasteiger partial charge in [-0.2, -0.15) is 0 Å². The van der Waals surface area contributed by atoms with Crippen molar-refractivity contribution in [3.05, 3.63) is 71.8 Å². The van der Waals surface area contributed by atoms with E-state index in [1.807, 2.05) is 60.7 Å². The highest BCUT2D eigenvalue weighted by atomic mass is 16.6. The maximum Gasteiger partial charge on any atom is 0.411 e. The Bertz CT molecular complexity index is 702. The van der Waals surface area contributed by atoms with Crippen molar-refractivity contribution in [2.75, 3.05) is 13.2 Å². The van der Waals surface area contributed by atoms with Crippen LogP contribution in [0.2, 0.25) is 0 Å². The molecule has 3 rings (SSSR count). The third-order valence-corrected chi connectivity index (χ3v) is 3.96. The Kier molecular flexibility index (Phi) is 4.79. The summed E-state index contributed by atoms with van der Waals surface area (Å²) in [6.07, 6.45) is -0.971. The summed E-state index contributed by atoms with van der Waals surface area (Å²) in [5.74, 6) is -0.441. The van der Waals surface area contributed by atoms with Crippen molar-refractivity contribution >= 4 is 12.1 Å². The standard InChI is InChI=1S/C19H19NO4/c1-2-23-16(21)13-20-17(14-9-5-3-6-10-14)18(24-19(20)22)15-11-7-4-8-12-15/h3-12,17-18H,2,13H2,1H3. The van der Waals surface area contributed by atoms with Crippen LogP contribution in [0.15, 0.2) is 60.7 Å². The Morgan fingerprint density at radius 1 is 1.04 bits per heavy atom. The van der Waals surface area contributed by atoms with Crippen LogP contribution in [-0.2, 0) is 14.3 Å². The maximum absolute atomic E-state index is 12.4. The number of rotatable bonds is 5. The van der Waals surface area contributed by atoms with Crippen LogP contribution in [0.3, 0.4) is 0 Å². The van der Waals surface area contributed by atoms with Gasteiger partial charge in [0.25, 0.3) is 0 Å². The first-order valence-corrected chi connectivity index (χ1v) is 7.93. The van der Waals surface area contributed by atoms with Crippen molar-refractivity contribution in [1.82, 2.24) is 4.90 Å². The van der Waals surface area contributed by atoms with Gasteiger partial charge < -0.3 is 9.47 Å². The highest BCUT2D eigenvalue weighted by Crippen LogP contribution is 2.42. The monoisotopic (exact) mass is 325 g/mol. The number of hydrogen-bond acceptors (Lipinski definition) is 4. The number of benzene rings is 2. The van der Waals surface area contributed by atoms with Gasteiger partial charge in [-0.15, -0.1) is 0 Å². The quantitative estimate of drug-likeness (QED) is 0.790. The lowest BCUT2D eigenvalue weighted by atomic mass is 9.95. The molecule has 5 nitrogen and oxygen atoms in total. The van der Waals surface area contributed by atoms with Gasteiger partial charge in [0, 0.05) is 0 Å². The van der Waals surface area contributed by atoms with Crippen molar-refractivity contribution in [2.45, 2.75) is 19.1 Å². The molecule has 2 aromatic carbocycles. The van der Waals surface area contributed by atoms with E-state index in [2.05, 4.69) is 0 Å². The average Bonchev–Trinajstić information content (AvgIpc) is 2.93. The van der Waals surface area contributed by atoms with Crippen LogP contribution in [0.1, 0.15) is 30.2 Å². The molecule has 0 aromatic heterocycles. The van der Waals surface area contributed by atoms with Gasteiger partial charge in [0.1, 0.15) is 12.6 Å². The average molecular weight is 325 g/mol. The zero-order chi connectivity index (χ0) is 16.9. The summed E-state index contributed by atoms with van der Waals surface area (Å²) in [4.78, 5) is 25.7. The number of cyclic esters (lactones) is 1. The minimum absolute atomic E-state index is 0.129. The van der Waals surface area contributed by atoms with E-state index in [0.29, 0.717) is 0 Å². The molecule has 1 aliphatic rings. The van der Waals surface area contributed by atoms with E-state index in [0.717, 1.165) is 11.1 Å². The molecule has 124 valence electrons. The molecular formula is C19H19NO4. The van der Waals surface area contributed by atoms with E-state index in [-0.39, 0.29) is 19.2 Å². The fourth-order valence-electron chi connectivity index (χ4n) is 2.92. The van der Waals surface area contributed by atoms with E-state index >= 15 is 0 Å². The zero-order valence-corrected chi connectivity index (χ0v) is 13.4. The third-order valence-electron chi connectivity index (χ3n) is 3.96. The molecule has 1 amide bonds. The lowest BCUT2D eigenvalue weighted by Crippen LogP contribution is -2.34. The van der Waals surface area contributed by atoms with Gasteiger partial charge in [-0.05, 0) is 18.1 Å². The summed E-state index contributed by atoms with van der Waals surface area (Å²) in [6, 6.07) is 18.8. The van der Waals surface area contributed by atoms with Crippen molar-refractivity contribution in [1.29, 1.82) is 0 Å². The first kappa shape index (κ1) is 16.1. The van der Waals surface area contributed by atoms with Crippen molar-refractivity contribution < 1.29 is 19.1 Å². The second-order valence-corrected chi connectivity index (χ2v) is 5.50. The fourth-order valence-corrected chi connectivity index (χ4v) is 2.92. The van der Waals surface area contributed by atoms with Crippen LogP contribution in [-0.4, -0.2) is 30.1 Å². The van der Waals surface area contributed by atoms with Crippen LogP contribution in [0.4, 0.5) is 4.79 Å².